The van der Waals surface area contributed by atoms with Gasteiger partial charge in [0, 0.05) is 11.6 Å². The van der Waals surface area contributed by atoms with Crippen LogP contribution in [-0.4, -0.2) is 19.2 Å². The van der Waals surface area contributed by atoms with E-state index in [1.54, 1.807) is 0 Å². The largest absolute Gasteiger partial charge is 0.489 e. The fourth-order valence-corrected chi connectivity index (χ4v) is 2.82. The standard InChI is InChI=1S/C18H30ClNO/c1-6-8-15(12-20-9-7-2)21-18-11-16(13(3)4)17(19)10-14(18)5/h10-11,13,15,20H,6-9,12H2,1-5H3. The lowest BCUT2D eigenvalue weighted by atomic mass is 10.0. The topological polar surface area (TPSA) is 21.3 Å². The van der Waals surface area contributed by atoms with E-state index in [1.165, 1.54) is 0 Å². The zero-order chi connectivity index (χ0) is 15.8. The summed E-state index contributed by atoms with van der Waals surface area (Å²) in [6.07, 6.45) is 3.57. The molecule has 21 heavy (non-hydrogen) atoms. The van der Waals surface area contributed by atoms with Crippen LogP contribution in [0.2, 0.25) is 5.02 Å². The first-order chi connectivity index (χ1) is 9.99. The number of halogens is 1. The summed E-state index contributed by atoms with van der Waals surface area (Å²) < 4.78 is 6.26. The predicted octanol–water partition coefficient (Wildman–Crippen LogP) is 5.32. The second kappa shape index (κ2) is 9.32. The van der Waals surface area contributed by atoms with Crippen molar-refractivity contribution in [3.63, 3.8) is 0 Å². The molecule has 0 bridgehead atoms. The Hall–Kier alpha value is -0.730. The Morgan fingerprint density at radius 2 is 1.90 bits per heavy atom. The minimum absolute atomic E-state index is 0.224. The van der Waals surface area contributed by atoms with Crippen molar-refractivity contribution in [3.8, 4) is 5.75 Å². The molecule has 0 aliphatic carbocycles. The molecule has 1 rings (SSSR count). The molecule has 120 valence electrons. The smallest absolute Gasteiger partial charge is 0.123 e. The van der Waals surface area contributed by atoms with Crippen LogP contribution in [0.5, 0.6) is 5.75 Å². The first-order valence-corrected chi connectivity index (χ1v) is 8.54. The number of aryl methyl sites for hydroxylation is 1. The van der Waals surface area contributed by atoms with Crippen LogP contribution in [0, 0.1) is 6.92 Å². The van der Waals surface area contributed by atoms with Crippen LogP contribution in [0.15, 0.2) is 12.1 Å². The number of hydrogen-bond acceptors (Lipinski definition) is 2. The van der Waals surface area contributed by atoms with Crippen molar-refractivity contribution in [3.05, 3.63) is 28.3 Å². The van der Waals surface area contributed by atoms with Gasteiger partial charge in [-0.05, 0) is 55.5 Å². The van der Waals surface area contributed by atoms with Gasteiger partial charge in [0.15, 0.2) is 0 Å². The van der Waals surface area contributed by atoms with Crippen molar-refractivity contribution < 1.29 is 4.74 Å². The lowest BCUT2D eigenvalue weighted by molar-refractivity contribution is 0.185. The monoisotopic (exact) mass is 311 g/mol. The molecule has 1 unspecified atom stereocenters. The van der Waals surface area contributed by atoms with E-state index in [0.29, 0.717) is 5.92 Å². The van der Waals surface area contributed by atoms with Crippen molar-refractivity contribution in [2.45, 2.75) is 65.9 Å². The molecule has 1 atom stereocenters. The number of nitrogens with one attached hydrogen (secondary N) is 1. The molecule has 0 spiro atoms. The molecular formula is C18H30ClNO. The minimum Gasteiger partial charge on any atom is -0.489 e. The van der Waals surface area contributed by atoms with Gasteiger partial charge in [0.25, 0.3) is 0 Å². The van der Waals surface area contributed by atoms with Gasteiger partial charge >= 0.3 is 0 Å². The fraction of sp³-hybridized carbons (Fsp3) is 0.667. The normalized spacial score (nSPS) is 12.7. The van der Waals surface area contributed by atoms with Crippen LogP contribution < -0.4 is 10.1 Å². The Morgan fingerprint density at radius 3 is 2.48 bits per heavy atom. The SMILES string of the molecule is CCCNCC(CCC)Oc1cc(C(C)C)c(Cl)cc1C. The van der Waals surface area contributed by atoms with Gasteiger partial charge in [0.2, 0.25) is 0 Å². The van der Waals surface area contributed by atoms with E-state index < -0.39 is 0 Å². The van der Waals surface area contributed by atoms with E-state index in [-0.39, 0.29) is 6.10 Å². The number of benzene rings is 1. The van der Waals surface area contributed by atoms with Crippen LogP contribution in [0.3, 0.4) is 0 Å². The molecule has 0 aliphatic rings. The van der Waals surface area contributed by atoms with Crippen molar-refractivity contribution in [1.29, 1.82) is 0 Å². The van der Waals surface area contributed by atoms with Gasteiger partial charge in [-0.25, -0.2) is 0 Å². The maximum absolute atomic E-state index is 6.33. The molecule has 0 heterocycles. The van der Waals surface area contributed by atoms with Gasteiger partial charge in [0.05, 0.1) is 0 Å². The maximum Gasteiger partial charge on any atom is 0.123 e. The van der Waals surface area contributed by atoms with Gasteiger partial charge in [-0.15, -0.1) is 0 Å². The molecule has 2 nitrogen and oxygen atoms in total. The van der Waals surface area contributed by atoms with Crippen molar-refractivity contribution in [2.24, 2.45) is 0 Å². The van der Waals surface area contributed by atoms with Crippen LogP contribution in [0.1, 0.15) is 64.0 Å². The van der Waals surface area contributed by atoms with Crippen LogP contribution in [0.4, 0.5) is 0 Å². The fourth-order valence-electron chi connectivity index (χ4n) is 2.38. The van der Waals surface area contributed by atoms with Gasteiger partial charge < -0.3 is 10.1 Å². The molecule has 0 saturated heterocycles. The molecule has 3 heteroatoms. The molecule has 0 saturated carbocycles. The average molecular weight is 312 g/mol. The highest BCUT2D eigenvalue weighted by molar-refractivity contribution is 6.31. The highest BCUT2D eigenvalue weighted by atomic mass is 35.5. The number of ether oxygens (including phenoxy) is 1. The van der Waals surface area contributed by atoms with E-state index in [4.69, 9.17) is 16.3 Å². The molecule has 1 aromatic rings. The second-order valence-corrected chi connectivity index (χ2v) is 6.43. The molecule has 0 aliphatic heterocycles. The maximum atomic E-state index is 6.33. The van der Waals surface area contributed by atoms with E-state index >= 15 is 0 Å². The summed E-state index contributed by atoms with van der Waals surface area (Å²) in [5.74, 6) is 1.38. The predicted molar refractivity (Wildman–Crippen MR) is 92.8 cm³/mol. The Labute approximate surface area is 135 Å². The zero-order valence-corrected chi connectivity index (χ0v) is 14.9. The van der Waals surface area contributed by atoms with Gasteiger partial charge in [-0.1, -0.05) is 45.7 Å². The Kier molecular flexibility index (Phi) is 8.13. The third-order valence-corrected chi connectivity index (χ3v) is 3.95. The van der Waals surface area contributed by atoms with Crippen LogP contribution in [-0.2, 0) is 0 Å². The molecule has 1 aromatic carbocycles. The van der Waals surface area contributed by atoms with Crippen molar-refractivity contribution >= 4 is 11.6 Å². The summed E-state index contributed by atoms with van der Waals surface area (Å²) in [5.41, 5.74) is 2.27. The molecule has 0 aromatic heterocycles. The molecule has 0 radical (unpaired) electrons. The summed E-state index contributed by atoms with van der Waals surface area (Å²) in [5, 5.41) is 4.30. The van der Waals surface area contributed by atoms with Crippen LogP contribution >= 0.6 is 11.6 Å². The van der Waals surface area contributed by atoms with Gasteiger partial charge in [-0.2, -0.15) is 0 Å². The van der Waals surface area contributed by atoms with Gasteiger partial charge in [-0.3, -0.25) is 0 Å². The molecular weight excluding hydrogens is 282 g/mol. The lowest BCUT2D eigenvalue weighted by Gasteiger charge is -2.22. The second-order valence-electron chi connectivity index (χ2n) is 6.03. The van der Waals surface area contributed by atoms with Crippen molar-refractivity contribution in [2.75, 3.05) is 13.1 Å². The summed E-state index contributed by atoms with van der Waals surface area (Å²) in [7, 11) is 0. The summed E-state index contributed by atoms with van der Waals surface area (Å²) >= 11 is 6.33. The van der Waals surface area contributed by atoms with E-state index in [1.807, 2.05) is 6.07 Å². The highest BCUT2D eigenvalue weighted by Gasteiger charge is 2.14. The zero-order valence-electron chi connectivity index (χ0n) is 14.1. The Morgan fingerprint density at radius 1 is 1.19 bits per heavy atom. The number of hydrogen-bond donors (Lipinski definition) is 1. The Bertz CT molecular complexity index is 431. The molecule has 0 fully saturated rings. The summed E-state index contributed by atoms with van der Waals surface area (Å²) in [6, 6.07) is 4.14. The number of rotatable bonds is 9. The van der Waals surface area contributed by atoms with Crippen LogP contribution in [0.25, 0.3) is 0 Å². The molecule has 0 amide bonds. The lowest BCUT2D eigenvalue weighted by Crippen LogP contribution is -2.32. The van der Waals surface area contributed by atoms with Crippen molar-refractivity contribution in [1.82, 2.24) is 5.32 Å². The van der Waals surface area contributed by atoms with Gasteiger partial charge in [0.1, 0.15) is 11.9 Å². The quantitative estimate of drug-likeness (QED) is 0.623. The third kappa shape index (κ3) is 5.88. The summed E-state index contributed by atoms with van der Waals surface area (Å²) in [4.78, 5) is 0. The highest BCUT2D eigenvalue weighted by Crippen LogP contribution is 2.32. The average Bonchev–Trinajstić information content (AvgIpc) is 2.41. The van der Waals surface area contributed by atoms with E-state index in [0.717, 1.165) is 54.3 Å². The summed E-state index contributed by atoms with van der Waals surface area (Å²) in [6.45, 7) is 12.7. The third-order valence-electron chi connectivity index (χ3n) is 3.62. The first-order valence-electron chi connectivity index (χ1n) is 8.16. The molecule has 1 N–H and O–H groups in total. The first kappa shape index (κ1) is 18.3. The minimum atomic E-state index is 0.224. The Balaban J connectivity index is 2.84. The van der Waals surface area contributed by atoms with E-state index in [2.05, 4.69) is 46.0 Å². The van der Waals surface area contributed by atoms with E-state index in [9.17, 15) is 0 Å².